The smallest absolute Gasteiger partial charge is 0.407 e. The molecule has 4 heterocycles. The minimum atomic E-state index is -3.64. The van der Waals surface area contributed by atoms with Crippen LogP contribution in [-0.4, -0.2) is 109 Å². The number of ether oxygens (including phenoxy) is 2. The molecule has 1 aromatic carbocycles. The zero-order valence-corrected chi connectivity index (χ0v) is 29.6. The molecule has 4 saturated heterocycles. The summed E-state index contributed by atoms with van der Waals surface area (Å²) < 4.78 is 41.0. The minimum Gasteiger partial charge on any atom is -0.444 e. The van der Waals surface area contributed by atoms with E-state index < -0.39 is 21.9 Å². The fraction of sp³-hybridized carbons (Fsp3) is 0.657. The summed E-state index contributed by atoms with van der Waals surface area (Å²) >= 11 is 0. The molecule has 14 heteroatoms. The summed E-state index contributed by atoms with van der Waals surface area (Å²) in [6, 6.07) is 7.36. The Hall–Kier alpha value is -3.51. The van der Waals surface area contributed by atoms with Crippen molar-refractivity contribution < 1.29 is 37.1 Å². The Balaban J connectivity index is 0.998. The number of likely N-dealkylation sites (tertiary alicyclic amines) is 1. The lowest BCUT2D eigenvalue weighted by Gasteiger charge is -2.39. The predicted octanol–water partition coefficient (Wildman–Crippen LogP) is 2.51. The standard InChI is InChI=1S/C35H49N5O8S/c1-35(2,3)48-34(44)36-28-13-21-40(22-14-28)49(45,46)39-19-11-26(12-20-39)33(43)38-17-15-29(16-18-38)47-23-5-7-25-6-4-8-27(24-25)30-9-10-31(41)37-32(30)42/h4,6,8,24,26,28-30H,9-23H2,1-3H3,(H,36,44)(H,37,41,42). The third-order valence-corrected chi connectivity index (χ3v) is 11.6. The Bertz CT molecular complexity index is 1540. The number of piperidine rings is 4. The van der Waals surface area contributed by atoms with Crippen LogP contribution in [0, 0.1) is 17.8 Å². The van der Waals surface area contributed by atoms with E-state index in [0.29, 0.717) is 90.6 Å². The van der Waals surface area contributed by atoms with E-state index >= 15 is 0 Å². The highest BCUT2D eigenvalue weighted by molar-refractivity contribution is 7.86. The van der Waals surface area contributed by atoms with E-state index in [9.17, 15) is 27.6 Å². The summed E-state index contributed by atoms with van der Waals surface area (Å²) in [6.07, 6.45) is 3.77. The van der Waals surface area contributed by atoms with Gasteiger partial charge in [0, 0.05) is 63.2 Å². The summed E-state index contributed by atoms with van der Waals surface area (Å²) in [5.41, 5.74) is 1.03. The highest BCUT2D eigenvalue weighted by atomic mass is 32.2. The first-order chi connectivity index (χ1) is 23.3. The van der Waals surface area contributed by atoms with E-state index in [2.05, 4.69) is 22.5 Å². The largest absolute Gasteiger partial charge is 0.444 e. The number of benzene rings is 1. The second-order valence-corrected chi connectivity index (χ2v) is 16.2. The average molecular weight is 700 g/mol. The quantitative estimate of drug-likeness (QED) is 0.325. The van der Waals surface area contributed by atoms with Crippen molar-refractivity contribution in [3.8, 4) is 11.8 Å². The van der Waals surface area contributed by atoms with Crippen LogP contribution < -0.4 is 10.6 Å². The maximum Gasteiger partial charge on any atom is 0.407 e. The maximum atomic E-state index is 13.4. The Kier molecular flexibility index (Phi) is 12.0. The maximum absolute atomic E-state index is 13.4. The molecular weight excluding hydrogens is 650 g/mol. The van der Waals surface area contributed by atoms with E-state index in [0.717, 1.165) is 11.1 Å². The van der Waals surface area contributed by atoms with Crippen molar-refractivity contribution in [2.24, 2.45) is 5.92 Å². The highest BCUT2D eigenvalue weighted by Gasteiger charge is 2.38. The van der Waals surface area contributed by atoms with Crippen LogP contribution in [-0.2, 0) is 34.1 Å². The molecule has 1 aromatic rings. The second kappa shape index (κ2) is 16.0. The highest BCUT2D eigenvalue weighted by Crippen LogP contribution is 2.27. The summed E-state index contributed by atoms with van der Waals surface area (Å²) in [5.74, 6) is 5.18. The van der Waals surface area contributed by atoms with E-state index in [1.807, 2.05) is 29.2 Å². The number of imide groups is 1. The summed E-state index contributed by atoms with van der Waals surface area (Å²) in [5, 5.41) is 5.24. The van der Waals surface area contributed by atoms with Crippen LogP contribution in [0.1, 0.15) is 89.2 Å². The Morgan fingerprint density at radius 2 is 1.59 bits per heavy atom. The number of nitrogens with one attached hydrogen (secondary N) is 2. The van der Waals surface area contributed by atoms with Crippen molar-refractivity contribution in [2.75, 3.05) is 45.9 Å². The molecule has 0 radical (unpaired) electrons. The van der Waals surface area contributed by atoms with Gasteiger partial charge in [-0.05, 0) is 83.4 Å². The van der Waals surface area contributed by atoms with Gasteiger partial charge in [-0.15, -0.1) is 0 Å². The van der Waals surface area contributed by atoms with Crippen LogP contribution in [0.25, 0.3) is 0 Å². The third-order valence-electron chi connectivity index (χ3n) is 9.54. The van der Waals surface area contributed by atoms with Crippen LogP contribution >= 0.6 is 0 Å². The first-order valence-electron chi connectivity index (χ1n) is 17.4. The molecule has 0 aliphatic carbocycles. The van der Waals surface area contributed by atoms with Crippen LogP contribution in [0.15, 0.2) is 24.3 Å². The number of hydrogen-bond acceptors (Lipinski definition) is 8. The molecule has 0 bridgehead atoms. The topological polar surface area (TPSA) is 155 Å². The van der Waals surface area contributed by atoms with Gasteiger partial charge in [0.05, 0.1) is 12.0 Å². The molecule has 2 N–H and O–H groups in total. The van der Waals surface area contributed by atoms with Gasteiger partial charge in [-0.2, -0.15) is 17.0 Å². The lowest BCUT2D eigenvalue weighted by atomic mass is 9.90. The number of hydrogen-bond donors (Lipinski definition) is 2. The third kappa shape index (κ3) is 10.0. The fourth-order valence-electron chi connectivity index (χ4n) is 6.85. The van der Waals surface area contributed by atoms with Gasteiger partial charge in [-0.1, -0.05) is 24.0 Å². The zero-order chi connectivity index (χ0) is 35.2. The van der Waals surface area contributed by atoms with Crippen LogP contribution in [0.4, 0.5) is 4.79 Å². The van der Waals surface area contributed by atoms with Gasteiger partial charge < -0.3 is 19.7 Å². The predicted molar refractivity (Wildman–Crippen MR) is 181 cm³/mol. The zero-order valence-electron chi connectivity index (χ0n) is 28.7. The van der Waals surface area contributed by atoms with Crippen molar-refractivity contribution >= 4 is 34.0 Å². The van der Waals surface area contributed by atoms with Crippen molar-refractivity contribution in [3.63, 3.8) is 0 Å². The molecular formula is C35H49N5O8S. The molecule has 49 heavy (non-hydrogen) atoms. The number of rotatable bonds is 7. The number of carbonyl (C=O) groups is 4. The molecule has 13 nitrogen and oxygen atoms in total. The number of alkyl carbamates (subject to hydrolysis) is 1. The van der Waals surface area contributed by atoms with Gasteiger partial charge in [-0.3, -0.25) is 19.7 Å². The Morgan fingerprint density at radius 1 is 0.939 bits per heavy atom. The first kappa shape index (κ1) is 36.8. The molecule has 4 aliphatic heterocycles. The monoisotopic (exact) mass is 699 g/mol. The van der Waals surface area contributed by atoms with Gasteiger partial charge in [0.2, 0.25) is 17.7 Å². The van der Waals surface area contributed by atoms with E-state index in [1.165, 1.54) is 8.61 Å². The molecule has 5 rings (SSSR count). The molecule has 1 unspecified atom stereocenters. The molecule has 0 spiro atoms. The van der Waals surface area contributed by atoms with Crippen molar-refractivity contribution in [1.29, 1.82) is 0 Å². The van der Waals surface area contributed by atoms with E-state index in [-0.39, 0.29) is 48.3 Å². The van der Waals surface area contributed by atoms with Gasteiger partial charge in [0.15, 0.2) is 0 Å². The van der Waals surface area contributed by atoms with Gasteiger partial charge in [0.25, 0.3) is 10.2 Å². The number of carbonyl (C=O) groups excluding carboxylic acids is 4. The molecule has 0 saturated carbocycles. The van der Waals surface area contributed by atoms with Crippen molar-refractivity contribution in [1.82, 2.24) is 24.1 Å². The van der Waals surface area contributed by atoms with E-state index in [4.69, 9.17) is 9.47 Å². The number of nitrogens with zero attached hydrogens (tertiary/aromatic N) is 3. The molecule has 4 fully saturated rings. The van der Waals surface area contributed by atoms with Crippen LogP contribution in [0.3, 0.4) is 0 Å². The lowest BCUT2D eigenvalue weighted by Crippen LogP contribution is -2.53. The lowest BCUT2D eigenvalue weighted by molar-refractivity contribution is -0.139. The fourth-order valence-corrected chi connectivity index (χ4v) is 8.52. The van der Waals surface area contributed by atoms with Crippen LogP contribution in [0.5, 0.6) is 0 Å². The summed E-state index contributed by atoms with van der Waals surface area (Å²) in [4.78, 5) is 51.0. The van der Waals surface area contributed by atoms with Gasteiger partial charge in [0.1, 0.15) is 12.2 Å². The Labute approximate surface area is 289 Å². The molecule has 4 amide bonds. The number of amides is 4. The summed E-state index contributed by atoms with van der Waals surface area (Å²) in [7, 11) is -3.64. The molecule has 268 valence electrons. The Morgan fingerprint density at radius 3 is 2.22 bits per heavy atom. The SMILES string of the molecule is CC(C)(C)OC(=O)NC1CCN(S(=O)(=O)N2CCC(C(=O)N3CCC(OCC#Cc4cccc(C5CCC(=O)NC5=O)c4)CC3)CC2)CC1. The van der Waals surface area contributed by atoms with Gasteiger partial charge >= 0.3 is 6.09 Å². The molecule has 4 aliphatic rings. The molecule has 1 atom stereocenters. The van der Waals surface area contributed by atoms with Crippen molar-refractivity contribution in [3.05, 3.63) is 35.4 Å². The normalized spacial score (nSPS) is 22.6. The summed E-state index contributed by atoms with van der Waals surface area (Å²) in [6.45, 7) is 8.10. The van der Waals surface area contributed by atoms with Crippen molar-refractivity contribution in [2.45, 2.75) is 95.8 Å². The molecule has 0 aromatic heterocycles. The average Bonchev–Trinajstić information content (AvgIpc) is 3.06. The first-order valence-corrected chi connectivity index (χ1v) is 18.8. The van der Waals surface area contributed by atoms with E-state index in [1.54, 1.807) is 20.8 Å². The van der Waals surface area contributed by atoms with Gasteiger partial charge in [-0.25, -0.2) is 4.79 Å². The minimum absolute atomic E-state index is 0.00335. The van der Waals surface area contributed by atoms with Crippen LogP contribution in [0.2, 0.25) is 0 Å². The second-order valence-electron chi connectivity index (χ2n) is 14.3.